The molecule has 2 rings (SSSR count). The van der Waals surface area contributed by atoms with E-state index in [2.05, 4.69) is 14.9 Å². The topological polar surface area (TPSA) is 29.0 Å². The Morgan fingerprint density at radius 2 is 2.20 bits per heavy atom. The molecule has 1 aliphatic rings. The minimum atomic E-state index is 0.790. The molecular weight excluding hydrogens is 210 g/mol. The van der Waals surface area contributed by atoms with E-state index in [1.54, 1.807) is 12.5 Å². The fourth-order valence-corrected chi connectivity index (χ4v) is 2.38. The van der Waals surface area contributed by atoms with Gasteiger partial charge >= 0.3 is 0 Å². The molecule has 0 spiro atoms. The Morgan fingerprint density at radius 3 is 2.80 bits per heavy atom. The summed E-state index contributed by atoms with van der Waals surface area (Å²) in [5.74, 6) is 2.65. The zero-order valence-electron chi connectivity index (χ0n) is 8.77. The van der Waals surface area contributed by atoms with Crippen molar-refractivity contribution in [3.8, 4) is 0 Å². The van der Waals surface area contributed by atoms with E-state index in [-0.39, 0.29) is 0 Å². The molecule has 3 nitrogen and oxygen atoms in total. The van der Waals surface area contributed by atoms with E-state index < -0.39 is 0 Å². The predicted octanol–water partition coefficient (Wildman–Crippen LogP) is 2.32. The second-order valence-corrected chi connectivity index (χ2v) is 4.35. The Morgan fingerprint density at radius 1 is 1.40 bits per heavy atom. The molecule has 1 aromatic rings. The molecule has 1 aliphatic heterocycles. The SMILES string of the molecule is ClCCC1CCN(c2ccncn2)CC1. The maximum atomic E-state index is 5.75. The number of halogens is 1. The third kappa shape index (κ3) is 2.81. The Bertz CT molecular complexity index is 283. The average Bonchev–Trinajstić information content (AvgIpc) is 2.32. The van der Waals surface area contributed by atoms with Gasteiger partial charge in [0.2, 0.25) is 0 Å². The molecule has 0 aromatic carbocycles. The average molecular weight is 226 g/mol. The fourth-order valence-electron chi connectivity index (χ4n) is 2.08. The minimum absolute atomic E-state index is 0.790. The van der Waals surface area contributed by atoms with E-state index in [9.17, 15) is 0 Å². The quantitative estimate of drug-likeness (QED) is 0.740. The fraction of sp³-hybridized carbons (Fsp3) is 0.636. The molecule has 0 radical (unpaired) electrons. The molecule has 2 heterocycles. The lowest BCUT2D eigenvalue weighted by Gasteiger charge is -2.32. The van der Waals surface area contributed by atoms with Crippen molar-refractivity contribution in [1.29, 1.82) is 0 Å². The Labute approximate surface area is 95.5 Å². The van der Waals surface area contributed by atoms with Crippen molar-refractivity contribution in [3.05, 3.63) is 18.6 Å². The van der Waals surface area contributed by atoms with Crippen LogP contribution in [0.15, 0.2) is 18.6 Å². The third-order valence-electron chi connectivity index (χ3n) is 3.02. The number of piperidine rings is 1. The molecule has 0 bridgehead atoms. The van der Waals surface area contributed by atoms with Crippen LogP contribution in [0.1, 0.15) is 19.3 Å². The van der Waals surface area contributed by atoms with Crippen molar-refractivity contribution in [3.63, 3.8) is 0 Å². The van der Waals surface area contributed by atoms with E-state index in [1.165, 1.54) is 12.8 Å². The molecule has 0 amide bonds. The molecule has 1 aromatic heterocycles. The van der Waals surface area contributed by atoms with Crippen LogP contribution in [0.25, 0.3) is 0 Å². The maximum absolute atomic E-state index is 5.75. The second kappa shape index (κ2) is 5.31. The number of nitrogens with zero attached hydrogens (tertiary/aromatic N) is 3. The van der Waals surface area contributed by atoms with Crippen molar-refractivity contribution in [2.24, 2.45) is 5.92 Å². The first kappa shape index (κ1) is 10.7. The smallest absolute Gasteiger partial charge is 0.131 e. The van der Waals surface area contributed by atoms with E-state index in [0.29, 0.717) is 0 Å². The van der Waals surface area contributed by atoms with Crippen molar-refractivity contribution in [2.45, 2.75) is 19.3 Å². The molecule has 1 saturated heterocycles. The summed E-state index contributed by atoms with van der Waals surface area (Å²) in [5, 5.41) is 0. The summed E-state index contributed by atoms with van der Waals surface area (Å²) >= 11 is 5.75. The standard InChI is InChI=1S/C11H16ClN3/c12-5-1-10-3-7-15(8-4-10)11-2-6-13-9-14-11/h2,6,9-10H,1,3-5,7-8H2. The third-order valence-corrected chi connectivity index (χ3v) is 3.24. The summed E-state index contributed by atoms with van der Waals surface area (Å²) in [6.07, 6.45) is 7.03. The first-order valence-electron chi connectivity index (χ1n) is 5.47. The molecule has 0 saturated carbocycles. The summed E-state index contributed by atoms with van der Waals surface area (Å²) in [6.45, 7) is 2.19. The van der Waals surface area contributed by atoms with Gasteiger partial charge in [0, 0.05) is 25.2 Å². The highest BCUT2D eigenvalue weighted by atomic mass is 35.5. The van der Waals surface area contributed by atoms with Gasteiger partial charge in [0.25, 0.3) is 0 Å². The lowest BCUT2D eigenvalue weighted by molar-refractivity contribution is 0.395. The molecule has 0 unspecified atom stereocenters. The van der Waals surface area contributed by atoms with Gasteiger partial charge in [0.05, 0.1) is 0 Å². The van der Waals surface area contributed by atoms with E-state index in [1.807, 2.05) is 6.07 Å². The highest BCUT2D eigenvalue weighted by Gasteiger charge is 2.19. The monoisotopic (exact) mass is 225 g/mol. The number of rotatable bonds is 3. The maximum Gasteiger partial charge on any atom is 0.131 e. The number of hydrogen-bond acceptors (Lipinski definition) is 3. The van der Waals surface area contributed by atoms with Gasteiger partial charge in [-0.25, -0.2) is 9.97 Å². The number of alkyl halides is 1. The van der Waals surface area contributed by atoms with Gasteiger partial charge in [-0.1, -0.05) is 0 Å². The van der Waals surface area contributed by atoms with Crippen LogP contribution in [0.4, 0.5) is 5.82 Å². The first-order valence-corrected chi connectivity index (χ1v) is 6.00. The van der Waals surface area contributed by atoms with Crippen LogP contribution < -0.4 is 4.90 Å². The number of anilines is 1. The van der Waals surface area contributed by atoms with E-state index in [0.717, 1.165) is 37.1 Å². The summed E-state index contributed by atoms with van der Waals surface area (Å²) < 4.78 is 0. The summed E-state index contributed by atoms with van der Waals surface area (Å²) in [6, 6.07) is 1.97. The van der Waals surface area contributed by atoms with Crippen molar-refractivity contribution in [1.82, 2.24) is 9.97 Å². The van der Waals surface area contributed by atoms with E-state index >= 15 is 0 Å². The molecule has 1 fully saturated rings. The molecule has 15 heavy (non-hydrogen) atoms. The molecule has 0 aliphatic carbocycles. The van der Waals surface area contributed by atoms with E-state index in [4.69, 9.17) is 11.6 Å². The second-order valence-electron chi connectivity index (χ2n) is 3.98. The lowest BCUT2D eigenvalue weighted by atomic mass is 9.94. The van der Waals surface area contributed by atoms with Crippen LogP contribution >= 0.6 is 11.6 Å². The molecule has 82 valence electrons. The number of hydrogen-bond donors (Lipinski definition) is 0. The van der Waals surface area contributed by atoms with Crippen molar-refractivity contribution < 1.29 is 0 Å². The summed E-state index contributed by atoms with van der Waals surface area (Å²) in [5.41, 5.74) is 0. The van der Waals surface area contributed by atoms with Crippen LogP contribution in [-0.4, -0.2) is 28.9 Å². The Kier molecular flexibility index (Phi) is 3.78. The Hall–Kier alpha value is -0.830. The normalized spacial score (nSPS) is 18.1. The van der Waals surface area contributed by atoms with Crippen LogP contribution in [0, 0.1) is 5.92 Å². The van der Waals surface area contributed by atoms with Crippen LogP contribution in [0.5, 0.6) is 0 Å². The predicted molar refractivity (Wildman–Crippen MR) is 62.3 cm³/mol. The van der Waals surface area contributed by atoms with Crippen molar-refractivity contribution >= 4 is 17.4 Å². The van der Waals surface area contributed by atoms with Gasteiger partial charge in [-0.05, 0) is 31.2 Å². The van der Waals surface area contributed by atoms with Gasteiger partial charge in [-0.15, -0.1) is 11.6 Å². The zero-order chi connectivity index (χ0) is 10.5. The van der Waals surface area contributed by atoms with Gasteiger partial charge in [0.15, 0.2) is 0 Å². The van der Waals surface area contributed by atoms with Gasteiger partial charge in [-0.3, -0.25) is 0 Å². The summed E-state index contributed by atoms with van der Waals surface area (Å²) in [7, 11) is 0. The van der Waals surface area contributed by atoms with Crippen molar-refractivity contribution in [2.75, 3.05) is 23.9 Å². The largest absolute Gasteiger partial charge is 0.357 e. The van der Waals surface area contributed by atoms with Crippen LogP contribution in [0.2, 0.25) is 0 Å². The van der Waals surface area contributed by atoms with Gasteiger partial charge in [0.1, 0.15) is 12.1 Å². The lowest BCUT2D eigenvalue weighted by Crippen LogP contribution is -2.34. The zero-order valence-corrected chi connectivity index (χ0v) is 9.53. The number of aromatic nitrogens is 2. The highest BCUT2D eigenvalue weighted by molar-refractivity contribution is 6.17. The van der Waals surface area contributed by atoms with Crippen LogP contribution in [-0.2, 0) is 0 Å². The molecule has 0 atom stereocenters. The Balaban J connectivity index is 1.88. The molecular formula is C11H16ClN3. The minimum Gasteiger partial charge on any atom is -0.357 e. The highest BCUT2D eigenvalue weighted by Crippen LogP contribution is 2.23. The van der Waals surface area contributed by atoms with Gasteiger partial charge < -0.3 is 4.90 Å². The summed E-state index contributed by atoms with van der Waals surface area (Å²) in [4.78, 5) is 10.5. The van der Waals surface area contributed by atoms with Crippen LogP contribution in [0.3, 0.4) is 0 Å². The molecule has 4 heteroatoms. The van der Waals surface area contributed by atoms with Gasteiger partial charge in [-0.2, -0.15) is 0 Å². The molecule has 0 N–H and O–H groups in total. The first-order chi connectivity index (χ1) is 7.40.